The smallest absolute Gasteiger partial charge is 0.290 e. The van der Waals surface area contributed by atoms with Crippen molar-refractivity contribution in [3.63, 3.8) is 0 Å². The van der Waals surface area contributed by atoms with Crippen molar-refractivity contribution in [3.8, 4) is 33.4 Å². The van der Waals surface area contributed by atoms with Crippen molar-refractivity contribution in [1.29, 1.82) is 0 Å². The minimum atomic E-state index is -5.23. The van der Waals surface area contributed by atoms with Crippen molar-refractivity contribution in [3.05, 3.63) is 158 Å². The summed E-state index contributed by atoms with van der Waals surface area (Å²) in [6, 6.07) is 11.0. The predicted octanol–water partition coefficient (Wildman–Crippen LogP) is 17.8. The Bertz CT molecular complexity index is 2550. The number of hydrogen-bond acceptors (Lipinski definition) is 4. The van der Waals surface area contributed by atoms with E-state index in [-0.39, 0.29) is 85.9 Å². The predicted molar refractivity (Wildman–Crippen MR) is 235 cm³/mol. The van der Waals surface area contributed by atoms with Gasteiger partial charge in [0.2, 0.25) is 0 Å². The van der Waals surface area contributed by atoms with Crippen LogP contribution in [-0.2, 0) is 56.7 Å². The molecule has 6 rings (SSSR count). The van der Waals surface area contributed by atoms with Gasteiger partial charge in [-0.05, 0) is 125 Å². The summed E-state index contributed by atoms with van der Waals surface area (Å²) < 4.78 is 252. The van der Waals surface area contributed by atoms with Crippen LogP contribution in [0.25, 0.3) is 33.4 Å². The number of thiol groups is 3. The number of alkyl halides is 18. The van der Waals surface area contributed by atoms with E-state index in [4.69, 9.17) is 0 Å². The molecule has 0 atom stereocenters. The second kappa shape index (κ2) is 19.2. The van der Waals surface area contributed by atoms with Crippen LogP contribution in [0.3, 0.4) is 0 Å². The molecule has 0 amide bonds. The van der Waals surface area contributed by atoms with Gasteiger partial charge in [0.1, 0.15) is 0 Å². The standard InChI is InChI=1S/C48H33F18NS3/c1-22-4-28(40(68)37(7-22)25-10-31(43(49,50)51)16-32(11-25)44(52,53)54)19-67(20-29-5-23(2)8-38(41(29)69)26-12-33(45(55,56)57)17-34(13-26)46(58,59)60)21-30-6-24(3)9-39(42(30)70)27-14-35(47(61,62)63)18-36(15-27)48(64,65)66/h4-18,68-70H,19-21H2,1-3H3. The summed E-state index contributed by atoms with van der Waals surface area (Å²) in [5, 5.41) is 0. The molecule has 0 aliphatic carbocycles. The largest absolute Gasteiger partial charge is 0.416 e. The Morgan fingerprint density at radius 1 is 0.300 bits per heavy atom. The van der Waals surface area contributed by atoms with Gasteiger partial charge >= 0.3 is 37.1 Å². The van der Waals surface area contributed by atoms with Gasteiger partial charge in [-0.3, -0.25) is 4.90 Å². The van der Waals surface area contributed by atoms with E-state index in [9.17, 15) is 79.0 Å². The third-order valence-corrected chi connectivity index (χ3v) is 12.5. The van der Waals surface area contributed by atoms with Crippen molar-refractivity contribution in [2.24, 2.45) is 0 Å². The molecule has 0 aliphatic rings. The van der Waals surface area contributed by atoms with Gasteiger partial charge in [0.15, 0.2) is 0 Å². The van der Waals surface area contributed by atoms with E-state index >= 15 is 0 Å². The molecule has 0 radical (unpaired) electrons. The number of nitrogens with zero attached hydrogens (tertiary/aromatic N) is 1. The number of aryl methyl sites for hydroxylation is 3. The summed E-state index contributed by atoms with van der Waals surface area (Å²) in [5.74, 6) is 0. The molecule has 0 saturated heterocycles. The van der Waals surface area contributed by atoms with Gasteiger partial charge in [-0.2, -0.15) is 79.0 Å². The van der Waals surface area contributed by atoms with E-state index in [1.54, 1.807) is 0 Å². The second-order valence-corrected chi connectivity index (χ2v) is 17.8. The third kappa shape index (κ3) is 12.6. The molecule has 1 nitrogen and oxygen atoms in total. The summed E-state index contributed by atoms with van der Waals surface area (Å²) in [7, 11) is 0. The third-order valence-electron chi connectivity index (χ3n) is 10.9. The molecule has 374 valence electrons. The molecule has 0 aliphatic heterocycles. The van der Waals surface area contributed by atoms with Gasteiger partial charge in [-0.1, -0.05) is 53.1 Å². The Labute approximate surface area is 403 Å². The highest BCUT2D eigenvalue weighted by atomic mass is 32.1. The minimum Gasteiger partial charge on any atom is -0.290 e. The Morgan fingerprint density at radius 3 is 0.657 bits per heavy atom. The summed E-state index contributed by atoms with van der Waals surface area (Å²) in [6.45, 7) is 3.34. The second-order valence-electron chi connectivity index (χ2n) is 16.5. The van der Waals surface area contributed by atoms with Gasteiger partial charge in [-0.15, -0.1) is 37.9 Å². The fraction of sp³-hybridized carbons (Fsp3) is 0.250. The highest BCUT2D eigenvalue weighted by Gasteiger charge is 2.40. The summed E-state index contributed by atoms with van der Waals surface area (Å²) in [4.78, 5) is 1.11. The van der Waals surface area contributed by atoms with E-state index in [1.165, 1.54) is 62.1 Å². The number of benzene rings is 6. The Balaban J connectivity index is 1.56. The molecule has 0 aromatic heterocycles. The molecule has 0 fully saturated rings. The van der Waals surface area contributed by atoms with Gasteiger partial charge in [0, 0.05) is 34.3 Å². The van der Waals surface area contributed by atoms with Crippen LogP contribution in [0.4, 0.5) is 79.0 Å². The highest BCUT2D eigenvalue weighted by molar-refractivity contribution is 7.80. The Hall–Kier alpha value is -4.93. The van der Waals surface area contributed by atoms with Crippen LogP contribution in [0.5, 0.6) is 0 Å². The first kappa shape index (κ1) is 54.4. The maximum Gasteiger partial charge on any atom is 0.416 e. The summed E-state index contributed by atoms with van der Waals surface area (Å²) in [6.07, 6.45) is -31.4. The molecule has 70 heavy (non-hydrogen) atoms. The lowest BCUT2D eigenvalue weighted by atomic mass is 9.94. The first-order valence-electron chi connectivity index (χ1n) is 20.0. The van der Waals surface area contributed by atoms with E-state index in [1.807, 2.05) is 0 Å². The summed E-state index contributed by atoms with van der Waals surface area (Å²) in [5.41, 5.74) is -10.6. The van der Waals surface area contributed by atoms with Crippen LogP contribution < -0.4 is 0 Å². The molecule has 0 heterocycles. The van der Waals surface area contributed by atoms with Crippen molar-refractivity contribution >= 4 is 37.9 Å². The fourth-order valence-electron chi connectivity index (χ4n) is 7.80. The number of halogens is 18. The first-order valence-corrected chi connectivity index (χ1v) is 21.3. The van der Waals surface area contributed by atoms with Crippen molar-refractivity contribution in [2.45, 2.75) is 92.1 Å². The Morgan fingerprint density at radius 2 is 0.486 bits per heavy atom. The zero-order valence-corrected chi connectivity index (χ0v) is 38.6. The fourth-order valence-corrected chi connectivity index (χ4v) is 8.79. The minimum absolute atomic E-state index is 0.0664. The monoisotopic (exact) mass is 1060 g/mol. The average Bonchev–Trinajstić information content (AvgIpc) is 3.21. The van der Waals surface area contributed by atoms with Crippen LogP contribution in [0, 0.1) is 20.8 Å². The van der Waals surface area contributed by atoms with Crippen molar-refractivity contribution in [1.82, 2.24) is 4.90 Å². The topological polar surface area (TPSA) is 3.24 Å². The van der Waals surface area contributed by atoms with Crippen LogP contribution in [-0.4, -0.2) is 4.90 Å². The zero-order chi connectivity index (χ0) is 52.4. The van der Waals surface area contributed by atoms with Gasteiger partial charge in [-0.25, -0.2) is 0 Å². The molecule has 0 spiro atoms. The van der Waals surface area contributed by atoms with E-state index in [0.29, 0.717) is 53.1 Å². The lowest BCUT2D eigenvalue weighted by molar-refractivity contribution is -0.144. The van der Waals surface area contributed by atoms with E-state index in [2.05, 4.69) is 37.9 Å². The summed E-state index contributed by atoms with van der Waals surface area (Å²) >= 11 is 13.7. The van der Waals surface area contributed by atoms with Gasteiger partial charge in [0.25, 0.3) is 0 Å². The Kier molecular flexibility index (Phi) is 15.0. The zero-order valence-electron chi connectivity index (χ0n) is 35.9. The van der Waals surface area contributed by atoms with E-state index < -0.39 is 87.1 Å². The number of rotatable bonds is 9. The molecule has 0 saturated carbocycles. The maximum absolute atomic E-state index is 14.0. The first-order chi connectivity index (χ1) is 31.9. The van der Waals surface area contributed by atoms with Crippen molar-refractivity contribution < 1.29 is 79.0 Å². The average molecular weight is 1060 g/mol. The van der Waals surface area contributed by atoms with Gasteiger partial charge < -0.3 is 0 Å². The molecule has 0 bridgehead atoms. The van der Waals surface area contributed by atoms with E-state index in [0.717, 1.165) is 0 Å². The number of hydrogen-bond donors (Lipinski definition) is 3. The lowest BCUT2D eigenvalue weighted by Crippen LogP contribution is -2.24. The normalized spacial score (nSPS) is 13.2. The molecule has 6 aromatic carbocycles. The molecule has 0 unspecified atom stereocenters. The molecular weight excluding hydrogens is 1030 g/mol. The lowest BCUT2D eigenvalue weighted by Gasteiger charge is -2.27. The molecular formula is C48H33F18NS3. The quantitative estimate of drug-likeness (QED) is 0.0961. The molecule has 22 heteroatoms. The van der Waals surface area contributed by atoms with Crippen molar-refractivity contribution in [2.75, 3.05) is 0 Å². The van der Waals surface area contributed by atoms with Crippen LogP contribution in [0.1, 0.15) is 66.8 Å². The highest BCUT2D eigenvalue weighted by Crippen LogP contribution is 2.45. The van der Waals surface area contributed by atoms with Crippen LogP contribution >= 0.6 is 37.9 Å². The van der Waals surface area contributed by atoms with Crippen LogP contribution in [0.2, 0.25) is 0 Å². The SMILES string of the molecule is Cc1cc(CN(Cc2cc(C)cc(-c3cc(C(F)(F)F)cc(C(F)(F)F)c3)c2S)Cc2cc(C)cc(-c3cc(C(F)(F)F)cc(C(F)(F)F)c3)c2S)c(S)c(-c2cc(C(F)(F)F)cc(C(F)(F)F)c2)c1. The van der Waals surface area contributed by atoms with Gasteiger partial charge in [0.05, 0.1) is 33.4 Å². The van der Waals surface area contributed by atoms with Crippen LogP contribution in [0.15, 0.2) is 106 Å². The molecule has 6 aromatic rings. The molecule has 0 N–H and O–H groups in total. The maximum atomic E-state index is 14.0.